The normalized spacial score (nSPS) is 20.4. The van der Waals surface area contributed by atoms with Crippen LogP contribution < -0.4 is 15.0 Å². The van der Waals surface area contributed by atoms with Gasteiger partial charge < -0.3 is 15.0 Å². The molecule has 0 spiro atoms. The van der Waals surface area contributed by atoms with Crippen molar-refractivity contribution in [3.63, 3.8) is 0 Å². The summed E-state index contributed by atoms with van der Waals surface area (Å²) in [4.78, 5) is 19.4. The van der Waals surface area contributed by atoms with Crippen LogP contribution >= 0.6 is 0 Å². The first kappa shape index (κ1) is 28.9. The molecule has 3 saturated heterocycles. The molecule has 44 heavy (non-hydrogen) atoms. The second-order valence-electron chi connectivity index (χ2n) is 12.0. The van der Waals surface area contributed by atoms with Gasteiger partial charge in [0, 0.05) is 36.6 Å². The van der Waals surface area contributed by atoms with Gasteiger partial charge in [-0.2, -0.15) is 9.97 Å². The van der Waals surface area contributed by atoms with Gasteiger partial charge >= 0.3 is 6.01 Å². The maximum atomic E-state index is 16.8. The molecule has 6 heterocycles. The number of ether oxygens (including phenoxy) is 1. The van der Waals surface area contributed by atoms with E-state index in [2.05, 4.69) is 21.0 Å². The van der Waals surface area contributed by atoms with E-state index in [4.69, 9.17) is 26.1 Å². The first-order valence-corrected chi connectivity index (χ1v) is 16.0. The molecule has 4 aliphatic heterocycles. The lowest BCUT2D eigenvalue weighted by Crippen LogP contribution is -2.51. The highest BCUT2D eigenvalue weighted by atomic mass is 19.1. The van der Waals surface area contributed by atoms with Crippen LogP contribution in [0.15, 0.2) is 30.3 Å². The summed E-state index contributed by atoms with van der Waals surface area (Å²) in [5.74, 6) is 2.08. The Morgan fingerprint density at radius 3 is 2.66 bits per heavy atom. The Bertz CT molecular complexity index is 1780. The van der Waals surface area contributed by atoms with Crippen molar-refractivity contribution in [2.75, 3.05) is 44.2 Å². The third kappa shape index (κ3) is 4.58. The van der Waals surface area contributed by atoms with Crippen LogP contribution in [0.5, 0.6) is 6.01 Å². The van der Waals surface area contributed by atoms with Crippen LogP contribution in [0.1, 0.15) is 57.2 Å². The van der Waals surface area contributed by atoms with Crippen LogP contribution in [0, 0.1) is 24.0 Å². The molecule has 0 saturated carbocycles. The second kappa shape index (κ2) is 11.6. The molecule has 1 N–H and O–H groups in total. The first-order valence-electron chi connectivity index (χ1n) is 16.0. The van der Waals surface area contributed by atoms with Gasteiger partial charge in [-0.15, -0.1) is 6.42 Å². The van der Waals surface area contributed by atoms with Crippen LogP contribution in [0.2, 0.25) is 0 Å². The largest absolute Gasteiger partial charge is 0.461 e. The Morgan fingerprint density at radius 2 is 1.86 bits per heavy atom. The van der Waals surface area contributed by atoms with E-state index in [0.29, 0.717) is 35.2 Å². The molecule has 0 amide bonds. The zero-order chi connectivity index (χ0) is 30.4. The number of terminal acetylenes is 1. The van der Waals surface area contributed by atoms with Gasteiger partial charge in [-0.05, 0) is 63.1 Å². The van der Waals surface area contributed by atoms with Crippen molar-refractivity contribution in [3.8, 4) is 29.6 Å². The zero-order valence-corrected chi connectivity index (χ0v) is 25.4. The summed E-state index contributed by atoms with van der Waals surface area (Å²) in [7, 11) is 0. The predicted molar refractivity (Wildman–Crippen MR) is 170 cm³/mol. The number of piperazine rings is 1. The molecule has 2 aromatic heterocycles. The molecule has 9 heteroatoms. The van der Waals surface area contributed by atoms with Crippen molar-refractivity contribution in [1.82, 2.24) is 25.2 Å². The fourth-order valence-corrected chi connectivity index (χ4v) is 7.79. The van der Waals surface area contributed by atoms with Gasteiger partial charge in [0.2, 0.25) is 0 Å². The van der Waals surface area contributed by atoms with Gasteiger partial charge in [0.1, 0.15) is 29.5 Å². The third-order valence-electron chi connectivity index (χ3n) is 9.83. The van der Waals surface area contributed by atoms with E-state index < -0.39 is 11.6 Å². The lowest BCUT2D eigenvalue weighted by Gasteiger charge is -2.36. The summed E-state index contributed by atoms with van der Waals surface area (Å²) < 4.78 is 38.1. The highest BCUT2D eigenvalue weighted by molar-refractivity contribution is 6.02. The van der Waals surface area contributed by atoms with Crippen LogP contribution in [0.3, 0.4) is 0 Å². The summed E-state index contributed by atoms with van der Waals surface area (Å²) in [6, 6.07) is 8.82. The summed E-state index contributed by atoms with van der Waals surface area (Å²) in [5, 5.41) is 5.32. The standard InChI is InChI=1S/C33H32F2N6O.C2H6/c1-2-22-24(34)10-8-20-6-3-7-23(26(20)22)29-28(35)30-27-25(37-29)11-9-21-18-36-14-17-41(21)31(27)39-32(38-30)42-19-33-12-4-15-40(33)16-5-13-33;1-2/h1,3,6-8,10,21,36H,4-5,9,11-19H2;1-2H3. The zero-order valence-electron chi connectivity index (χ0n) is 25.4. The fourth-order valence-electron chi connectivity index (χ4n) is 7.79. The minimum Gasteiger partial charge on any atom is -0.461 e. The monoisotopic (exact) mass is 596 g/mol. The average molecular weight is 597 g/mol. The van der Waals surface area contributed by atoms with E-state index >= 15 is 4.39 Å². The molecule has 2 aromatic carbocycles. The van der Waals surface area contributed by atoms with E-state index in [1.807, 2.05) is 26.0 Å². The highest BCUT2D eigenvalue weighted by Crippen LogP contribution is 2.42. The number of benzene rings is 2. The summed E-state index contributed by atoms with van der Waals surface area (Å²) in [5.41, 5.74) is 1.61. The smallest absolute Gasteiger partial charge is 0.319 e. The molecule has 1 atom stereocenters. The minimum atomic E-state index is -0.572. The van der Waals surface area contributed by atoms with E-state index in [9.17, 15) is 4.39 Å². The van der Waals surface area contributed by atoms with Crippen molar-refractivity contribution < 1.29 is 13.5 Å². The van der Waals surface area contributed by atoms with Crippen LogP contribution in [-0.2, 0) is 6.42 Å². The second-order valence-corrected chi connectivity index (χ2v) is 12.0. The number of anilines is 1. The fraction of sp³-hybridized carbons (Fsp3) is 0.457. The van der Waals surface area contributed by atoms with E-state index in [1.54, 1.807) is 12.1 Å². The number of hydrogen-bond donors (Lipinski definition) is 1. The van der Waals surface area contributed by atoms with Crippen molar-refractivity contribution in [2.45, 2.75) is 64.0 Å². The number of fused-ring (bicyclic) bond motifs is 4. The van der Waals surface area contributed by atoms with Gasteiger partial charge in [-0.3, -0.25) is 4.90 Å². The molecular weight excluding hydrogens is 558 g/mol. The predicted octanol–water partition coefficient (Wildman–Crippen LogP) is 5.86. The molecule has 4 aromatic rings. The van der Waals surface area contributed by atoms with E-state index in [-0.39, 0.29) is 34.4 Å². The first-order chi connectivity index (χ1) is 21.6. The molecule has 8 rings (SSSR count). The molecule has 1 unspecified atom stereocenters. The summed E-state index contributed by atoms with van der Waals surface area (Å²) >= 11 is 0. The molecule has 228 valence electrons. The number of nitrogens with one attached hydrogen (secondary N) is 1. The van der Waals surface area contributed by atoms with Gasteiger partial charge in [0.25, 0.3) is 0 Å². The van der Waals surface area contributed by atoms with Crippen LogP contribution in [-0.4, -0.2) is 70.8 Å². The third-order valence-corrected chi connectivity index (χ3v) is 9.83. The number of pyridine rings is 1. The minimum absolute atomic E-state index is 0.00970. The van der Waals surface area contributed by atoms with Crippen LogP contribution in [0.25, 0.3) is 32.9 Å². The van der Waals surface area contributed by atoms with Gasteiger partial charge in [-0.25, -0.2) is 13.8 Å². The summed E-state index contributed by atoms with van der Waals surface area (Å²) in [6.45, 7) is 9.06. The van der Waals surface area contributed by atoms with Crippen molar-refractivity contribution in [2.24, 2.45) is 0 Å². The molecule has 4 aliphatic rings. The van der Waals surface area contributed by atoms with E-state index in [0.717, 1.165) is 75.9 Å². The van der Waals surface area contributed by atoms with E-state index in [1.165, 1.54) is 6.07 Å². The Hall–Kier alpha value is -3.87. The van der Waals surface area contributed by atoms with Gasteiger partial charge in [-0.1, -0.05) is 44.0 Å². The topological polar surface area (TPSA) is 66.4 Å². The number of rotatable bonds is 4. The number of nitrogens with zero attached hydrogens (tertiary/aromatic N) is 5. The Balaban J connectivity index is 0.00000153. The number of aryl methyl sites for hydroxylation is 1. The summed E-state index contributed by atoms with van der Waals surface area (Å²) in [6.07, 6.45) is 11.7. The van der Waals surface area contributed by atoms with Gasteiger partial charge in [0.05, 0.1) is 22.2 Å². The SMILES string of the molecule is C#Cc1c(F)ccc2cccc(-c3nc4c5c(nc(OCC67CCCN6CCC7)nc5c3F)N3CCNCC3CC4)c12.CC. The Labute approximate surface area is 257 Å². The molecule has 0 radical (unpaired) electrons. The lowest BCUT2D eigenvalue weighted by molar-refractivity contribution is 0.108. The number of halogens is 2. The van der Waals surface area contributed by atoms with Crippen molar-refractivity contribution in [1.29, 1.82) is 0 Å². The molecule has 3 fully saturated rings. The highest BCUT2D eigenvalue weighted by Gasteiger charge is 2.45. The molecule has 0 bridgehead atoms. The number of hydrogen-bond acceptors (Lipinski definition) is 7. The van der Waals surface area contributed by atoms with Crippen LogP contribution in [0.4, 0.5) is 14.6 Å². The molecule has 7 nitrogen and oxygen atoms in total. The maximum absolute atomic E-state index is 16.8. The average Bonchev–Trinajstić information content (AvgIpc) is 3.60. The van der Waals surface area contributed by atoms with Gasteiger partial charge in [0.15, 0.2) is 5.82 Å². The lowest BCUT2D eigenvalue weighted by atomic mass is 9.95. The van der Waals surface area contributed by atoms with Crippen molar-refractivity contribution >= 4 is 27.5 Å². The Morgan fingerprint density at radius 1 is 1.05 bits per heavy atom. The Kier molecular flexibility index (Phi) is 7.59. The number of aromatic nitrogens is 3. The maximum Gasteiger partial charge on any atom is 0.319 e. The molecule has 0 aliphatic carbocycles. The molecular formula is C35H38F2N6O. The quantitative estimate of drug-likeness (QED) is 0.296. The van der Waals surface area contributed by atoms with Crippen molar-refractivity contribution in [3.05, 3.63) is 53.2 Å².